The van der Waals surface area contributed by atoms with Gasteiger partial charge < -0.3 is 24.7 Å². The number of carbonyl (C=O) groups excluding carboxylic acids is 2. The van der Waals surface area contributed by atoms with Crippen molar-refractivity contribution in [2.75, 3.05) is 23.3 Å². The van der Waals surface area contributed by atoms with Crippen molar-refractivity contribution in [3.8, 4) is 11.3 Å². The minimum atomic E-state index is -2.24. The van der Waals surface area contributed by atoms with E-state index >= 15 is 0 Å². The van der Waals surface area contributed by atoms with E-state index in [0.29, 0.717) is 24.3 Å². The molecule has 2 N–H and O–H groups in total. The zero-order valence-corrected chi connectivity index (χ0v) is 32.8. The summed E-state index contributed by atoms with van der Waals surface area (Å²) in [7, 11) is -2.24. The number of aromatic nitrogens is 2. The van der Waals surface area contributed by atoms with Crippen LogP contribution in [0, 0.1) is 24.5 Å². The van der Waals surface area contributed by atoms with Gasteiger partial charge in [-0.05, 0) is 93.9 Å². The van der Waals surface area contributed by atoms with E-state index in [2.05, 4.69) is 68.2 Å². The third kappa shape index (κ3) is 8.27. The van der Waals surface area contributed by atoms with E-state index in [1.807, 2.05) is 20.8 Å². The molecule has 0 spiro atoms. The molecule has 0 unspecified atom stereocenters. The maximum atomic E-state index is 14.8. The molecule has 1 aromatic carbocycles. The minimum Gasteiger partial charge on any atom is -0.444 e. The van der Waals surface area contributed by atoms with Gasteiger partial charge in [0.05, 0.1) is 41.0 Å². The molecule has 2 amide bonds. The van der Waals surface area contributed by atoms with Gasteiger partial charge in [-0.25, -0.2) is 18.6 Å². The average molecular weight is 722 g/mol. The highest BCUT2D eigenvalue weighted by Crippen LogP contribution is 2.44. The molecule has 4 atom stereocenters. The van der Waals surface area contributed by atoms with Crippen LogP contribution in [-0.4, -0.2) is 61.1 Å². The molecule has 12 heteroatoms. The number of hydrogen-bond acceptors (Lipinski definition) is 7. The molecule has 3 heterocycles. The molecule has 0 bridgehead atoms. The highest BCUT2D eigenvalue weighted by molar-refractivity contribution is 6.74. The molecule has 3 aromatic rings. The Labute approximate surface area is 302 Å². The van der Waals surface area contributed by atoms with Gasteiger partial charge >= 0.3 is 6.09 Å². The lowest BCUT2D eigenvalue weighted by molar-refractivity contribution is 0.0336. The molecular weight excluding hydrogens is 669 g/mol. The largest absolute Gasteiger partial charge is 0.444 e. The standard InChI is InChI=1S/C39H53F2N5O4Si/c1-22-15-17-25-32(22)42-19-29(44-36(47)28-18-16-23(2)33(43-28)31-26(40)13-12-14-27(31)41)34(25)46-20-24(3)35(50-51(10,11)39(7,8)9)30(21-46)45-37(48)49-38(4,5)6/h12-14,16,18-19,22,24,30,35H,15,17,20-21H2,1-11H3,(H,44,47)(H,45,48)/t22-,24+,30-,35-/m1/s1. The van der Waals surface area contributed by atoms with E-state index in [1.165, 1.54) is 18.2 Å². The number of amides is 2. The van der Waals surface area contributed by atoms with Crippen LogP contribution in [0.5, 0.6) is 0 Å². The zero-order valence-electron chi connectivity index (χ0n) is 31.8. The number of pyridine rings is 2. The molecule has 2 aliphatic rings. The fourth-order valence-corrected chi connectivity index (χ4v) is 8.18. The highest BCUT2D eigenvalue weighted by atomic mass is 28.4. The smallest absolute Gasteiger partial charge is 0.408 e. The average Bonchev–Trinajstić information content (AvgIpc) is 3.38. The normalized spacial score (nSPS) is 20.9. The molecule has 51 heavy (non-hydrogen) atoms. The van der Waals surface area contributed by atoms with Gasteiger partial charge in [-0.15, -0.1) is 0 Å². The molecule has 5 rings (SSSR count). The number of carbonyl (C=O) groups is 2. The Kier molecular flexibility index (Phi) is 10.7. The Morgan fingerprint density at radius 2 is 1.67 bits per heavy atom. The summed E-state index contributed by atoms with van der Waals surface area (Å²) < 4.78 is 42.3. The van der Waals surface area contributed by atoms with Crippen molar-refractivity contribution in [3.63, 3.8) is 0 Å². The maximum Gasteiger partial charge on any atom is 0.408 e. The molecule has 0 saturated carbocycles. The first-order chi connectivity index (χ1) is 23.7. The van der Waals surface area contributed by atoms with Gasteiger partial charge in [0.15, 0.2) is 8.32 Å². The third-order valence-corrected chi connectivity index (χ3v) is 14.9. The van der Waals surface area contributed by atoms with Gasteiger partial charge in [0.25, 0.3) is 5.91 Å². The number of benzene rings is 1. The highest BCUT2D eigenvalue weighted by Gasteiger charge is 2.46. The molecule has 276 valence electrons. The van der Waals surface area contributed by atoms with Crippen LogP contribution in [0.3, 0.4) is 0 Å². The maximum absolute atomic E-state index is 14.8. The summed E-state index contributed by atoms with van der Waals surface area (Å²) >= 11 is 0. The second-order valence-corrected chi connectivity index (χ2v) is 21.5. The van der Waals surface area contributed by atoms with E-state index in [9.17, 15) is 18.4 Å². The number of alkyl carbamates (subject to hydrolysis) is 1. The first-order valence-corrected chi connectivity index (χ1v) is 20.7. The summed E-state index contributed by atoms with van der Waals surface area (Å²) in [5.74, 6) is -1.81. The molecular formula is C39H53F2N5O4Si. The number of halogens is 2. The summed E-state index contributed by atoms with van der Waals surface area (Å²) in [6.45, 7) is 23.5. The van der Waals surface area contributed by atoms with Crippen LogP contribution in [0.25, 0.3) is 11.3 Å². The molecule has 1 fully saturated rings. The van der Waals surface area contributed by atoms with Crippen LogP contribution in [0.1, 0.15) is 95.0 Å². The van der Waals surface area contributed by atoms with Crippen molar-refractivity contribution in [1.29, 1.82) is 0 Å². The number of ether oxygens (including phenoxy) is 1. The topological polar surface area (TPSA) is 106 Å². The summed E-state index contributed by atoms with van der Waals surface area (Å²) in [4.78, 5) is 38.6. The summed E-state index contributed by atoms with van der Waals surface area (Å²) in [5, 5.41) is 6.15. The molecule has 1 saturated heterocycles. The van der Waals surface area contributed by atoms with Crippen LogP contribution in [0.15, 0.2) is 36.5 Å². The van der Waals surface area contributed by atoms with Crippen LogP contribution >= 0.6 is 0 Å². The van der Waals surface area contributed by atoms with Gasteiger partial charge in [-0.3, -0.25) is 9.78 Å². The zero-order chi connectivity index (χ0) is 37.6. The first kappa shape index (κ1) is 38.3. The Bertz CT molecular complexity index is 1780. The van der Waals surface area contributed by atoms with E-state index in [1.54, 1.807) is 25.3 Å². The first-order valence-electron chi connectivity index (χ1n) is 17.8. The van der Waals surface area contributed by atoms with Crippen molar-refractivity contribution in [1.82, 2.24) is 15.3 Å². The third-order valence-electron chi connectivity index (χ3n) is 10.4. The van der Waals surface area contributed by atoms with E-state index in [-0.39, 0.29) is 39.9 Å². The Morgan fingerprint density at radius 3 is 2.29 bits per heavy atom. The predicted octanol–water partition coefficient (Wildman–Crippen LogP) is 8.77. The van der Waals surface area contributed by atoms with E-state index < -0.39 is 43.6 Å². The SMILES string of the molecule is Cc1ccc(C(=O)Nc2cnc3c(c2N2C[C@H](C)[C@@H](O[Si](C)(C)C(C)(C)C)[C@H](NC(=O)OC(C)(C)C)C2)CC[C@H]3C)nc1-c1c(F)cccc1F. The van der Waals surface area contributed by atoms with Crippen LogP contribution in [-0.2, 0) is 15.6 Å². The second-order valence-electron chi connectivity index (χ2n) is 16.7. The number of piperidine rings is 1. The molecule has 1 aliphatic carbocycles. The van der Waals surface area contributed by atoms with Crippen molar-refractivity contribution in [3.05, 3.63) is 70.7 Å². The van der Waals surface area contributed by atoms with Gasteiger partial charge in [-0.1, -0.05) is 46.8 Å². The molecule has 0 radical (unpaired) electrons. The van der Waals surface area contributed by atoms with Gasteiger partial charge in [0.1, 0.15) is 22.9 Å². The van der Waals surface area contributed by atoms with Gasteiger partial charge in [0.2, 0.25) is 0 Å². The number of hydrogen-bond donors (Lipinski definition) is 2. The molecule has 2 aromatic heterocycles. The predicted molar refractivity (Wildman–Crippen MR) is 200 cm³/mol. The summed E-state index contributed by atoms with van der Waals surface area (Å²) in [5.41, 5.74) is 3.03. The van der Waals surface area contributed by atoms with Crippen molar-refractivity contribution in [2.45, 2.75) is 117 Å². The molecule has 9 nitrogen and oxygen atoms in total. The van der Waals surface area contributed by atoms with Crippen molar-refractivity contribution < 1.29 is 27.5 Å². The number of nitrogens with one attached hydrogen (secondary N) is 2. The van der Waals surface area contributed by atoms with E-state index in [0.717, 1.165) is 29.8 Å². The monoisotopic (exact) mass is 721 g/mol. The fraction of sp³-hybridized carbons (Fsp3) is 0.538. The summed E-state index contributed by atoms with van der Waals surface area (Å²) in [6, 6.07) is 6.39. The number of fused-ring (bicyclic) bond motifs is 1. The van der Waals surface area contributed by atoms with E-state index in [4.69, 9.17) is 14.1 Å². The number of anilines is 2. The lowest BCUT2D eigenvalue weighted by Gasteiger charge is -2.49. The van der Waals surface area contributed by atoms with Crippen molar-refractivity contribution >= 4 is 31.7 Å². The van der Waals surface area contributed by atoms with Crippen LogP contribution in [0.2, 0.25) is 18.1 Å². The van der Waals surface area contributed by atoms with Gasteiger partial charge in [0, 0.05) is 24.7 Å². The quantitative estimate of drug-likeness (QED) is 0.235. The lowest BCUT2D eigenvalue weighted by Crippen LogP contribution is -2.63. The van der Waals surface area contributed by atoms with Crippen molar-refractivity contribution in [2.24, 2.45) is 5.92 Å². The minimum absolute atomic E-state index is 0.00371. The van der Waals surface area contributed by atoms with Crippen LogP contribution < -0.4 is 15.5 Å². The fourth-order valence-electron chi connectivity index (χ4n) is 6.75. The second kappa shape index (κ2) is 14.3. The Hall–Kier alpha value is -3.90. The summed E-state index contributed by atoms with van der Waals surface area (Å²) in [6.07, 6.45) is 2.60. The van der Waals surface area contributed by atoms with Crippen LogP contribution in [0.4, 0.5) is 25.0 Å². The van der Waals surface area contributed by atoms with Gasteiger partial charge in [-0.2, -0.15) is 0 Å². The Morgan fingerprint density at radius 1 is 1.00 bits per heavy atom. The Balaban J connectivity index is 1.52. The lowest BCUT2D eigenvalue weighted by atomic mass is 9.91. The number of aryl methyl sites for hydroxylation is 1. The number of rotatable bonds is 7. The molecule has 1 aliphatic heterocycles. The number of nitrogens with zero attached hydrogens (tertiary/aromatic N) is 3.